The molecule has 2 aliphatic rings. The van der Waals surface area contributed by atoms with Crippen molar-refractivity contribution in [2.45, 2.75) is 69.2 Å². The minimum Gasteiger partial charge on any atom is -0.508 e. The number of aromatic hydroxyl groups is 1. The summed E-state index contributed by atoms with van der Waals surface area (Å²) in [6, 6.07) is 23.5. The Morgan fingerprint density at radius 2 is 1.19 bits per heavy atom. The number of nitrogens with zero attached hydrogens (tertiary/aromatic N) is 2. The van der Waals surface area contributed by atoms with Crippen LogP contribution in [0, 0.1) is 34.6 Å². The first kappa shape index (κ1) is 47.2. The van der Waals surface area contributed by atoms with Gasteiger partial charge < -0.3 is 45.1 Å². The van der Waals surface area contributed by atoms with Crippen LogP contribution < -0.4 is 46.8 Å². The van der Waals surface area contributed by atoms with E-state index in [9.17, 15) is 5.11 Å². The van der Waals surface area contributed by atoms with E-state index in [4.69, 9.17) is 29.6 Å². The summed E-state index contributed by atoms with van der Waals surface area (Å²) in [5, 5.41) is 23.0. The molecule has 4 aromatic rings. The molecule has 0 fully saturated rings. The average Bonchev–Trinajstić information content (AvgIpc) is 3.18. The van der Waals surface area contributed by atoms with Gasteiger partial charge in [0.15, 0.2) is 22.8 Å². The lowest BCUT2D eigenvalue weighted by atomic mass is 10.1. The van der Waals surface area contributed by atoms with Gasteiger partial charge in [-0.05, 0) is 140 Å². The summed E-state index contributed by atoms with van der Waals surface area (Å²) in [6.07, 6.45) is 0. The molecule has 0 atom stereocenters. The molecule has 0 bridgehead atoms. The molecule has 1 aliphatic heterocycles. The second kappa shape index (κ2) is 23.9. The molecule has 0 unspecified atom stereocenters. The second-order valence-electron chi connectivity index (χ2n) is 13.8. The van der Waals surface area contributed by atoms with E-state index < -0.39 is 0 Å². The zero-order valence-corrected chi connectivity index (χ0v) is 37.0. The van der Waals surface area contributed by atoms with E-state index in [1.165, 1.54) is 5.56 Å². The topological polar surface area (TPSA) is 160 Å². The molecule has 1 aliphatic carbocycles. The predicted molar refractivity (Wildman–Crippen MR) is 246 cm³/mol. The zero-order chi connectivity index (χ0) is 43.5. The van der Waals surface area contributed by atoms with Gasteiger partial charge in [0, 0.05) is 85.8 Å². The van der Waals surface area contributed by atoms with Gasteiger partial charge in [-0.3, -0.25) is 4.99 Å². The highest BCUT2D eigenvalue weighted by Gasteiger charge is 2.14. The van der Waals surface area contributed by atoms with Gasteiger partial charge in [-0.1, -0.05) is 0 Å². The Labute approximate surface area is 350 Å². The van der Waals surface area contributed by atoms with Crippen molar-refractivity contribution in [3.63, 3.8) is 0 Å². The smallest absolute Gasteiger partial charge is 0.191 e. The van der Waals surface area contributed by atoms with E-state index in [-0.39, 0.29) is 0 Å². The fraction of sp³-hybridized carbons (Fsp3) is 0.362. The Morgan fingerprint density at radius 3 is 1.73 bits per heavy atom. The van der Waals surface area contributed by atoms with Crippen LogP contribution in [0.25, 0.3) is 22.6 Å². The van der Waals surface area contributed by atoms with Gasteiger partial charge in [0.1, 0.15) is 22.7 Å². The standard InChI is InChI=1S/C18H21N3O.C10H16N2O2.C10H15NO.C9H13NO/c1-5-19-13-7-11(3)17-15(9-13)22-16-10-14(20-6-2)8-12(4)18(16)21-17;1-4-12-8-5-7(2)10(14-11)9(6-8)13-3;1-4-11-9-5-8(2)6-10(7-9)12-3;1-3-10-8-4-7(2)5-9(11)6-8/h7-10,19H,5-6H2,1-4H3;5-6,12H,4,11H2,1-3H3;5-7,11H,4H2,1-3H3;4-6,10-11H,3H2,1-2H3. The second-order valence-corrected chi connectivity index (χ2v) is 13.8. The summed E-state index contributed by atoms with van der Waals surface area (Å²) in [7, 11) is 3.28. The third kappa shape index (κ3) is 14.3. The summed E-state index contributed by atoms with van der Waals surface area (Å²) in [5.74, 6) is 8.38. The van der Waals surface area contributed by atoms with E-state index in [0.29, 0.717) is 17.2 Å². The Morgan fingerprint density at radius 1 is 0.627 bits per heavy atom. The average molecular weight is 808 g/mol. The number of nitrogens with one attached hydrogen (secondary N) is 4. The van der Waals surface area contributed by atoms with Crippen molar-refractivity contribution in [1.82, 2.24) is 4.98 Å². The van der Waals surface area contributed by atoms with Crippen molar-refractivity contribution < 1.29 is 23.8 Å². The molecule has 6 rings (SSSR count). The zero-order valence-electron chi connectivity index (χ0n) is 37.0. The molecule has 0 radical (unpaired) electrons. The maximum atomic E-state index is 9.18. The highest BCUT2D eigenvalue weighted by Crippen LogP contribution is 2.33. The molecule has 0 saturated carbocycles. The highest BCUT2D eigenvalue weighted by atomic mass is 16.6. The number of phenols is 1. The summed E-state index contributed by atoms with van der Waals surface area (Å²) in [6.45, 7) is 24.6. The van der Waals surface area contributed by atoms with E-state index in [1.807, 2.05) is 84.0 Å². The number of anilines is 4. The fourth-order valence-corrected chi connectivity index (χ4v) is 6.32. The molecular weight excluding hydrogens is 743 g/mol. The maximum Gasteiger partial charge on any atom is 0.191 e. The molecule has 12 nitrogen and oxygen atoms in total. The Kier molecular flexibility index (Phi) is 19.2. The van der Waals surface area contributed by atoms with Gasteiger partial charge in [0.05, 0.1) is 19.6 Å². The lowest BCUT2D eigenvalue weighted by Gasteiger charge is -2.12. The number of methoxy groups -OCH3 is 2. The number of hydrogen-bond acceptors (Lipinski definition) is 12. The Hall–Kier alpha value is -6.14. The lowest BCUT2D eigenvalue weighted by Crippen LogP contribution is -2.06. The van der Waals surface area contributed by atoms with Crippen molar-refractivity contribution in [3.05, 3.63) is 106 Å². The molecule has 7 N–H and O–H groups in total. The molecular formula is C47H65N7O5. The molecule has 0 saturated heterocycles. The van der Waals surface area contributed by atoms with Crippen molar-refractivity contribution in [2.75, 3.05) is 68.2 Å². The summed E-state index contributed by atoms with van der Waals surface area (Å²) in [4.78, 5) is 14.0. The van der Waals surface area contributed by atoms with Gasteiger partial charge in [0.2, 0.25) is 0 Å². The van der Waals surface area contributed by atoms with Crippen molar-refractivity contribution in [3.8, 4) is 34.5 Å². The SMILES string of the molecule is CCN=c1cc2oc3cc(NCC)cc(C)c3nc-2c(C)c1.CCNc1cc(C)c(ON)c(OC)c1.CCNc1cc(C)cc(O)c1.CCNc1cc(C)cc(OC)c1. The van der Waals surface area contributed by atoms with Crippen LogP contribution in [0.2, 0.25) is 0 Å². The lowest BCUT2D eigenvalue weighted by molar-refractivity contribution is 0.304. The number of aromatic nitrogens is 1. The third-order valence-electron chi connectivity index (χ3n) is 8.75. The minimum absolute atomic E-state index is 0.320. The molecule has 59 heavy (non-hydrogen) atoms. The largest absolute Gasteiger partial charge is 0.508 e. The van der Waals surface area contributed by atoms with E-state index >= 15 is 0 Å². The Balaban J connectivity index is 0.000000220. The van der Waals surface area contributed by atoms with E-state index in [0.717, 1.165) is 111 Å². The predicted octanol–water partition coefficient (Wildman–Crippen LogP) is 10.2. The van der Waals surface area contributed by atoms with Crippen LogP contribution in [0.3, 0.4) is 0 Å². The number of benzene rings is 5. The first-order chi connectivity index (χ1) is 28.3. The quantitative estimate of drug-likeness (QED) is 0.0516. The van der Waals surface area contributed by atoms with Gasteiger partial charge in [0.25, 0.3) is 0 Å². The Bertz CT molecular complexity index is 2250. The van der Waals surface area contributed by atoms with Crippen molar-refractivity contribution in [2.24, 2.45) is 10.9 Å². The van der Waals surface area contributed by atoms with Crippen molar-refractivity contribution in [1.29, 1.82) is 0 Å². The minimum atomic E-state index is 0.320. The highest BCUT2D eigenvalue weighted by molar-refractivity contribution is 5.83. The first-order valence-corrected chi connectivity index (χ1v) is 20.2. The first-order valence-electron chi connectivity index (χ1n) is 20.2. The normalized spacial score (nSPS) is 10.6. The van der Waals surface area contributed by atoms with Crippen LogP contribution in [-0.4, -0.2) is 57.0 Å². The van der Waals surface area contributed by atoms with Crippen LogP contribution in [0.5, 0.6) is 23.0 Å². The van der Waals surface area contributed by atoms with Crippen LogP contribution in [0.1, 0.15) is 62.4 Å². The van der Waals surface area contributed by atoms with Gasteiger partial charge in [-0.2, -0.15) is 5.90 Å². The van der Waals surface area contributed by atoms with Gasteiger partial charge in [-0.15, -0.1) is 0 Å². The monoisotopic (exact) mass is 808 g/mol. The molecule has 318 valence electrons. The van der Waals surface area contributed by atoms with Gasteiger partial charge in [-0.25, -0.2) is 4.98 Å². The van der Waals surface area contributed by atoms with E-state index in [2.05, 4.69) is 72.2 Å². The molecule has 4 aromatic carbocycles. The summed E-state index contributed by atoms with van der Waals surface area (Å²) < 4.78 is 16.4. The molecule has 0 aromatic heterocycles. The molecule has 12 heteroatoms. The number of hydrogen-bond donors (Lipinski definition) is 6. The maximum absolute atomic E-state index is 9.18. The van der Waals surface area contributed by atoms with Gasteiger partial charge >= 0.3 is 0 Å². The van der Waals surface area contributed by atoms with Crippen molar-refractivity contribution >= 4 is 33.8 Å². The number of rotatable bonds is 12. The third-order valence-corrected chi connectivity index (χ3v) is 8.75. The van der Waals surface area contributed by atoms with E-state index in [1.54, 1.807) is 26.4 Å². The number of fused-ring (bicyclic) bond motifs is 2. The van der Waals surface area contributed by atoms with Crippen LogP contribution >= 0.6 is 0 Å². The molecule has 0 spiro atoms. The molecule has 0 amide bonds. The summed E-state index contributed by atoms with van der Waals surface area (Å²) in [5.41, 5.74) is 12.2. The summed E-state index contributed by atoms with van der Waals surface area (Å²) >= 11 is 0. The fourth-order valence-electron chi connectivity index (χ4n) is 6.32. The van der Waals surface area contributed by atoms with Crippen LogP contribution in [0.4, 0.5) is 22.7 Å². The van der Waals surface area contributed by atoms with Crippen LogP contribution in [-0.2, 0) is 0 Å². The number of aryl methyl sites for hydroxylation is 5. The molecule has 1 heterocycles. The number of phenolic OH excluding ortho intramolecular Hbond substituents is 1. The number of ether oxygens (including phenoxy) is 2. The van der Waals surface area contributed by atoms with Crippen LogP contribution in [0.15, 0.2) is 82.2 Å². The number of nitrogens with two attached hydrogens (primary N) is 1.